The van der Waals surface area contributed by atoms with Crippen LogP contribution < -0.4 is 11.1 Å². The molecule has 5 rings (SSSR count). The van der Waals surface area contributed by atoms with Gasteiger partial charge in [-0.1, -0.05) is 60.1 Å². The van der Waals surface area contributed by atoms with E-state index < -0.39 is 22.3 Å². The normalized spacial score (nSPS) is 43.4. The van der Waals surface area contributed by atoms with Crippen LogP contribution in [0.5, 0.6) is 0 Å². The second-order valence-corrected chi connectivity index (χ2v) is 17.5. The van der Waals surface area contributed by atoms with Gasteiger partial charge in [0.05, 0.1) is 23.2 Å². The van der Waals surface area contributed by atoms with E-state index in [9.17, 15) is 20.0 Å². The average molecular weight is 596 g/mol. The number of allylic oxidation sites excluding steroid dienone is 3. The zero-order chi connectivity index (χ0) is 30.9. The molecule has 0 aromatic rings. The van der Waals surface area contributed by atoms with Gasteiger partial charge in [0, 0.05) is 35.9 Å². The standard InChI is InChI=1S/C35H53N3O3S/c1-30(2)10-12-35(29(41)38-15-17-42-16-14-36)13-11-34(7)27(23(35)20-30)24(39)18-26-32(5)19-22(21-37)28(40)31(3,4)25(32)8-9-33(26,34)6/h18-19,23,25,27-28,40H,8-17,20,36H2,1-7H3,(H,38,41). The summed E-state index contributed by atoms with van der Waals surface area (Å²) in [5, 5.41) is 24.4. The minimum Gasteiger partial charge on any atom is -0.387 e. The van der Waals surface area contributed by atoms with E-state index in [0.29, 0.717) is 18.7 Å². The Hall–Kier alpha value is -1.62. The summed E-state index contributed by atoms with van der Waals surface area (Å²) in [4.78, 5) is 28.8. The van der Waals surface area contributed by atoms with Gasteiger partial charge >= 0.3 is 0 Å². The third kappa shape index (κ3) is 4.40. The molecule has 0 radical (unpaired) electrons. The van der Waals surface area contributed by atoms with Crippen molar-refractivity contribution in [2.45, 2.75) is 99.5 Å². The van der Waals surface area contributed by atoms with Crippen molar-refractivity contribution in [2.24, 2.45) is 56.0 Å². The van der Waals surface area contributed by atoms with Gasteiger partial charge in [0.15, 0.2) is 5.78 Å². The number of nitriles is 1. The van der Waals surface area contributed by atoms with Gasteiger partial charge in [-0.2, -0.15) is 17.0 Å². The van der Waals surface area contributed by atoms with Crippen LogP contribution >= 0.6 is 11.8 Å². The molecule has 8 atom stereocenters. The van der Waals surface area contributed by atoms with E-state index in [1.807, 2.05) is 12.2 Å². The van der Waals surface area contributed by atoms with Crippen molar-refractivity contribution < 1.29 is 14.7 Å². The smallest absolute Gasteiger partial charge is 0.226 e. The lowest BCUT2D eigenvalue weighted by Crippen LogP contribution is -2.66. The number of thioether (sulfide) groups is 1. The van der Waals surface area contributed by atoms with Gasteiger partial charge in [-0.3, -0.25) is 9.59 Å². The van der Waals surface area contributed by atoms with Gasteiger partial charge in [-0.15, -0.1) is 0 Å². The molecule has 3 fully saturated rings. The number of amides is 1. The number of ketones is 1. The Bertz CT molecular complexity index is 1250. The first-order valence-electron chi connectivity index (χ1n) is 16.2. The highest BCUT2D eigenvalue weighted by molar-refractivity contribution is 7.99. The molecule has 4 N–H and O–H groups in total. The maximum absolute atomic E-state index is 14.6. The monoisotopic (exact) mass is 595 g/mol. The first-order chi connectivity index (χ1) is 19.5. The first-order valence-corrected chi connectivity index (χ1v) is 17.3. The summed E-state index contributed by atoms with van der Waals surface area (Å²) < 4.78 is 0. The molecule has 8 unspecified atom stereocenters. The van der Waals surface area contributed by atoms with Crippen molar-refractivity contribution in [1.29, 1.82) is 5.26 Å². The number of carbonyl (C=O) groups is 2. The van der Waals surface area contributed by atoms with E-state index in [1.54, 1.807) is 11.8 Å². The van der Waals surface area contributed by atoms with Crippen molar-refractivity contribution in [3.8, 4) is 6.07 Å². The number of hydrogen-bond acceptors (Lipinski definition) is 6. The highest BCUT2D eigenvalue weighted by Crippen LogP contribution is 2.74. The summed E-state index contributed by atoms with van der Waals surface area (Å²) in [6.45, 7) is 17.0. The van der Waals surface area contributed by atoms with Crippen LogP contribution in [-0.4, -0.2) is 47.5 Å². The Labute approximate surface area is 257 Å². The topological polar surface area (TPSA) is 116 Å². The minimum atomic E-state index is -0.805. The number of rotatable bonds is 6. The molecule has 42 heavy (non-hydrogen) atoms. The molecule has 0 heterocycles. The Morgan fingerprint density at radius 2 is 1.79 bits per heavy atom. The summed E-state index contributed by atoms with van der Waals surface area (Å²) in [6, 6.07) is 2.29. The molecule has 0 spiro atoms. The van der Waals surface area contributed by atoms with E-state index in [2.05, 4.69) is 59.9 Å². The van der Waals surface area contributed by atoms with Crippen molar-refractivity contribution in [3.05, 3.63) is 23.3 Å². The van der Waals surface area contributed by atoms with Crippen LogP contribution in [0.15, 0.2) is 23.3 Å². The molecular weight excluding hydrogens is 542 g/mol. The number of nitrogens with zero attached hydrogens (tertiary/aromatic N) is 1. The molecule has 6 nitrogen and oxygen atoms in total. The predicted octanol–water partition coefficient (Wildman–Crippen LogP) is 5.81. The van der Waals surface area contributed by atoms with Crippen LogP contribution in [0.1, 0.15) is 93.4 Å². The fraction of sp³-hybridized carbons (Fsp3) is 0.800. The second kappa shape index (κ2) is 10.5. The van der Waals surface area contributed by atoms with E-state index in [4.69, 9.17) is 5.73 Å². The molecule has 0 saturated heterocycles. The van der Waals surface area contributed by atoms with Crippen LogP contribution in [0.2, 0.25) is 0 Å². The lowest BCUT2D eigenvalue weighted by atomic mass is 9.34. The zero-order valence-electron chi connectivity index (χ0n) is 26.9. The van der Waals surface area contributed by atoms with Crippen molar-refractivity contribution in [1.82, 2.24) is 5.32 Å². The maximum atomic E-state index is 14.6. The van der Waals surface area contributed by atoms with E-state index in [0.717, 1.165) is 62.0 Å². The number of hydrogen-bond donors (Lipinski definition) is 3. The molecule has 0 bridgehead atoms. The maximum Gasteiger partial charge on any atom is 0.226 e. The van der Waals surface area contributed by atoms with Crippen LogP contribution in [-0.2, 0) is 9.59 Å². The Balaban J connectivity index is 1.58. The molecule has 5 aliphatic rings. The number of nitrogens with two attached hydrogens (primary N) is 1. The summed E-state index contributed by atoms with van der Waals surface area (Å²) in [7, 11) is 0. The largest absolute Gasteiger partial charge is 0.387 e. The van der Waals surface area contributed by atoms with Crippen molar-refractivity contribution in [3.63, 3.8) is 0 Å². The Morgan fingerprint density at radius 1 is 1.10 bits per heavy atom. The van der Waals surface area contributed by atoms with Crippen LogP contribution in [0.3, 0.4) is 0 Å². The molecule has 7 heteroatoms. The Kier molecular flexibility index (Phi) is 7.94. The highest BCUT2D eigenvalue weighted by atomic mass is 32.2. The Morgan fingerprint density at radius 3 is 2.45 bits per heavy atom. The molecule has 3 saturated carbocycles. The summed E-state index contributed by atoms with van der Waals surface area (Å²) in [6.07, 6.45) is 9.38. The average Bonchev–Trinajstić information content (AvgIpc) is 2.91. The fourth-order valence-corrected chi connectivity index (χ4v) is 11.4. The van der Waals surface area contributed by atoms with Gasteiger partial charge < -0.3 is 16.2 Å². The van der Waals surface area contributed by atoms with Gasteiger partial charge in [-0.25, -0.2) is 0 Å². The van der Waals surface area contributed by atoms with Crippen LogP contribution in [0.4, 0.5) is 0 Å². The molecule has 0 aromatic heterocycles. The number of aliphatic hydroxyl groups excluding tert-OH is 1. The van der Waals surface area contributed by atoms with E-state index >= 15 is 0 Å². The number of fused-ring (bicyclic) bond motifs is 7. The quantitative estimate of drug-likeness (QED) is 0.334. The van der Waals surface area contributed by atoms with Gasteiger partial charge in [-0.05, 0) is 84.5 Å². The molecule has 0 aromatic carbocycles. The van der Waals surface area contributed by atoms with Gasteiger partial charge in [0.25, 0.3) is 0 Å². The molecule has 232 valence electrons. The van der Waals surface area contributed by atoms with E-state index in [-0.39, 0.29) is 45.7 Å². The van der Waals surface area contributed by atoms with Crippen LogP contribution in [0.25, 0.3) is 0 Å². The molecule has 0 aliphatic heterocycles. The summed E-state index contributed by atoms with van der Waals surface area (Å²) >= 11 is 1.77. The van der Waals surface area contributed by atoms with Crippen LogP contribution in [0, 0.1) is 61.6 Å². The lowest BCUT2D eigenvalue weighted by molar-refractivity contribution is -0.179. The van der Waals surface area contributed by atoms with Crippen molar-refractivity contribution in [2.75, 3.05) is 24.6 Å². The lowest BCUT2D eigenvalue weighted by Gasteiger charge is -2.69. The summed E-state index contributed by atoms with van der Waals surface area (Å²) in [5.41, 5.74) is 5.28. The predicted molar refractivity (Wildman–Crippen MR) is 169 cm³/mol. The third-order valence-corrected chi connectivity index (χ3v) is 14.3. The summed E-state index contributed by atoms with van der Waals surface area (Å²) in [5.74, 6) is 1.97. The molecule has 1 amide bonds. The van der Waals surface area contributed by atoms with E-state index in [1.165, 1.54) is 0 Å². The van der Waals surface area contributed by atoms with Gasteiger partial charge in [0.1, 0.15) is 0 Å². The number of nitrogens with one attached hydrogen (secondary N) is 1. The fourth-order valence-electron chi connectivity index (χ4n) is 10.8. The van der Waals surface area contributed by atoms with Gasteiger partial charge in [0.2, 0.25) is 5.91 Å². The molecule has 5 aliphatic carbocycles. The SMILES string of the molecule is CC1(C)CCC2(C(=O)NCCSCCN)CCC3(C)C(C(=O)C=C4C5(C)C=C(C#N)C(O)C(C)(C)C5CCC43C)C2C1. The highest BCUT2D eigenvalue weighted by Gasteiger charge is 2.70. The van der Waals surface area contributed by atoms with Crippen molar-refractivity contribution >= 4 is 23.5 Å². The number of carbonyl (C=O) groups excluding carboxylic acids is 2. The third-order valence-electron chi connectivity index (χ3n) is 13.3. The molecular formula is C35H53N3O3S. The number of aliphatic hydroxyl groups is 1. The zero-order valence-corrected chi connectivity index (χ0v) is 27.8. The second-order valence-electron chi connectivity index (χ2n) is 16.3. The first kappa shape index (κ1) is 31.8. The minimum absolute atomic E-state index is 0.000759.